The molecular weight excluding hydrogens is 643 g/mol. The number of aliphatic hydroxyl groups excluding tert-OH is 2. The molecule has 10 heteroatoms. The third-order valence-corrected chi connectivity index (χ3v) is 9.34. The Balaban J connectivity index is 4.13. The highest BCUT2D eigenvalue weighted by atomic mass is 31.2. The summed E-state index contributed by atoms with van der Waals surface area (Å²) in [7, 11) is -4.51. The van der Waals surface area contributed by atoms with Gasteiger partial charge in [0.15, 0.2) is 0 Å². The number of unbranched alkanes of at least 4 members (excludes halogenated alkanes) is 20. The second-order valence-corrected chi connectivity index (χ2v) is 14.8. The zero-order valence-electron chi connectivity index (χ0n) is 31.4. The van der Waals surface area contributed by atoms with Crippen LogP contribution in [0, 0.1) is 0 Å². The van der Waals surface area contributed by atoms with Crippen LogP contribution < -0.4 is 0 Å². The van der Waals surface area contributed by atoms with E-state index in [0.29, 0.717) is 6.61 Å². The van der Waals surface area contributed by atoms with E-state index in [9.17, 15) is 19.4 Å². The lowest BCUT2D eigenvalue weighted by Crippen LogP contribution is -2.29. The van der Waals surface area contributed by atoms with Gasteiger partial charge in [-0.1, -0.05) is 147 Å². The van der Waals surface area contributed by atoms with Crippen molar-refractivity contribution in [2.45, 2.75) is 187 Å². The number of hydrogen-bond acceptors (Lipinski definition) is 8. The van der Waals surface area contributed by atoms with Crippen LogP contribution in [0.2, 0.25) is 0 Å². The predicted molar refractivity (Wildman–Crippen MR) is 201 cm³/mol. The van der Waals surface area contributed by atoms with Crippen LogP contribution in [0.25, 0.3) is 0 Å². The van der Waals surface area contributed by atoms with Crippen molar-refractivity contribution in [3.8, 4) is 0 Å². The number of phosphoric ester groups is 1. The molecule has 0 radical (unpaired) electrons. The predicted octanol–water partition coefficient (Wildman–Crippen LogP) is 10.3. The van der Waals surface area contributed by atoms with Crippen LogP contribution in [0.5, 0.6) is 0 Å². The van der Waals surface area contributed by atoms with Crippen LogP contribution in [0.15, 0.2) is 24.3 Å². The highest BCUT2D eigenvalue weighted by Crippen LogP contribution is 2.43. The van der Waals surface area contributed by atoms with Gasteiger partial charge in [0.05, 0.1) is 26.4 Å². The first-order chi connectivity index (χ1) is 23.8. The number of phosphoric acid groups is 1. The van der Waals surface area contributed by atoms with Gasteiger partial charge in [0.2, 0.25) is 0 Å². The fourth-order valence-corrected chi connectivity index (χ4v) is 6.12. The summed E-state index contributed by atoms with van der Waals surface area (Å²) in [6, 6.07) is 0. The minimum atomic E-state index is -4.51. The monoisotopic (exact) mass is 719 g/mol. The summed E-state index contributed by atoms with van der Waals surface area (Å²) >= 11 is 0. The molecule has 0 aliphatic rings. The SMILES string of the molecule is CCCCC/C=C\C/C=C\CCCCCCCCCCCC(=O)OC(COCCCCCCCCCCC)COP(=O)(O)OCC(O)CO. The van der Waals surface area contributed by atoms with Gasteiger partial charge in [-0.15, -0.1) is 0 Å². The third kappa shape index (κ3) is 36.5. The normalized spacial score (nSPS) is 14.5. The second-order valence-electron chi connectivity index (χ2n) is 13.3. The van der Waals surface area contributed by atoms with Crippen molar-refractivity contribution < 1.29 is 43.0 Å². The van der Waals surface area contributed by atoms with Crippen LogP contribution in [-0.4, -0.2) is 66.3 Å². The highest BCUT2D eigenvalue weighted by molar-refractivity contribution is 7.47. The molecule has 0 saturated heterocycles. The number of rotatable bonds is 38. The number of allylic oxidation sites excluding steroid dienone is 4. The lowest BCUT2D eigenvalue weighted by Gasteiger charge is -2.20. The smallest absolute Gasteiger partial charge is 0.457 e. The molecule has 0 heterocycles. The average Bonchev–Trinajstić information content (AvgIpc) is 3.09. The summed E-state index contributed by atoms with van der Waals surface area (Å²) < 4.78 is 33.2. The molecule has 3 atom stereocenters. The first-order valence-corrected chi connectivity index (χ1v) is 21.3. The maximum Gasteiger partial charge on any atom is 0.472 e. The molecule has 3 N–H and O–H groups in total. The molecular formula is C39H75O9P. The molecule has 0 aromatic heterocycles. The Kier molecular flexibility index (Phi) is 35.9. The van der Waals surface area contributed by atoms with Crippen molar-refractivity contribution >= 4 is 13.8 Å². The van der Waals surface area contributed by atoms with E-state index in [2.05, 4.69) is 38.2 Å². The first-order valence-electron chi connectivity index (χ1n) is 19.8. The third-order valence-electron chi connectivity index (χ3n) is 8.39. The van der Waals surface area contributed by atoms with Crippen molar-refractivity contribution in [3.63, 3.8) is 0 Å². The minimum absolute atomic E-state index is 0.0504. The summed E-state index contributed by atoms with van der Waals surface area (Å²) in [5.41, 5.74) is 0. The van der Waals surface area contributed by atoms with E-state index in [1.54, 1.807) is 0 Å². The highest BCUT2D eigenvalue weighted by Gasteiger charge is 2.26. The molecule has 0 amide bonds. The van der Waals surface area contributed by atoms with Crippen molar-refractivity contribution in [2.75, 3.05) is 33.0 Å². The van der Waals surface area contributed by atoms with Crippen LogP contribution in [0.4, 0.5) is 0 Å². The molecule has 0 fully saturated rings. The average molecular weight is 719 g/mol. The number of ether oxygens (including phenoxy) is 2. The van der Waals surface area contributed by atoms with Crippen molar-refractivity contribution in [2.24, 2.45) is 0 Å². The molecule has 0 aromatic rings. The lowest BCUT2D eigenvalue weighted by atomic mass is 10.1. The van der Waals surface area contributed by atoms with E-state index in [-0.39, 0.29) is 25.6 Å². The van der Waals surface area contributed by atoms with Gasteiger partial charge in [-0.05, 0) is 44.9 Å². The lowest BCUT2D eigenvalue weighted by molar-refractivity contribution is -0.154. The Morgan fingerprint density at radius 1 is 0.633 bits per heavy atom. The molecule has 0 aliphatic heterocycles. The van der Waals surface area contributed by atoms with Gasteiger partial charge < -0.3 is 24.6 Å². The number of carbonyl (C=O) groups is 1. The fraction of sp³-hybridized carbons (Fsp3) is 0.872. The van der Waals surface area contributed by atoms with Gasteiger partial charge in [-0.2, -0.15) is 0 Å². The molecule has 0 aliphatic carbocycles. The number of hydrogen-bond donors (Lipinski definition) is 3. The molecule has 290 valence electrons. The van der Waals surface area contributed by atoms with Gasteiger partial charge >= 0.3 is 13.8 Å². The van der Waals surface area contributed by atoms with E-state index in [1.807, 2.05) is 0 Å². The standard InChI is InChI=1S/C39H75O9P/c1-3-5-7-9-11-13-14-15-16-17-18-19-20-21-22-23-25-27-29-31-39(42)48-38(36-47-49(43,44)46-34-37(41)33-40)35-45-32-30-28-26-24-12-10-8-6-4-2/h11,13,15-16,37-38,40-41H,3-10,12,14,17-36H2,1-2H3,(H,43,44)/b13-11-,16-15-. The topological polar surface area (TPSA) is 132 Å². The zero-order chi connectivity index (χ0) is 36.1. The molecule has 0 saturated carbocycles. The molecule has 0 aromatic carbocycles. The quantitative estimate of drug-likeness (QED) is 0.0247. The fourth-order valence-electron chi connectivity index (χ4n) is 5.33. The summed E-state index contributed by atoms with van der Waals surface area (Å²) in [6.45, 7) is 3.48. The first kappa shape index (κ1) is 47.9. The number of aliphatic hydroxyl groups is 2. The Labute approximate surface area is 300 Å². The maximum absolute atomic E-state index is 12.6. The Morgan fingerprint density at radius 3 is 1.67 bits per heavy atom. The van der Waals surface area contributed by atoms with E-state index in [1.165, 1.54) is 109 Å². The summed E-state index contributed by atoms with van der Waals surface area (Å²) in [6.07, 6.45) is 35.6. The Hall–Kier alpha value is -1.06. The van der Waals surface area contributed by atoms with Crippen LogP contribution in [0.3, 0.4) is 0 Å². The Morgan fingerprint density at radius 2 is 1.10 bits per heavy atom. The zero-order valence-corrected chi connectivity index (χ0v) is 32.3. The summed E-state index contributed by atoms with van der Waals surface area (Å²) in [5.74, 6) is -0.387. The van der Waals surface area contributed by atoms with Crippen LogP contribution in [0.1, 0.15) is 174 Å². The van der Waals surface area contributed by atoms with Gasteiger partial charge in [0.25, 0.3) is 0 Å². The van der Waals surface area contributed by atoms with Crippen molar-refractivity contribution in [3.05, 3.63) is 24.3 Å². The van der Waals surface area contributed by atoms with Gasteiger partial charge in [-0.25, -0.2) is 4.57 Å². The van der Waals surface area contributed by atoms with Crippen molar-refractivity contribution in [1.82, 2.24) is 0 Å². The largest absolute Gasteiger partial charge is 0.472 e. The van der Waals surface area contributed by atoms with E-state index < -0.39 is 33.2 Å². The molecule has 0 spiro atoms. The summed E-state index contributed by atoms with van der Waals surface area (Å²) in [5, 5.41) is 18.3. The van der Waals surface area contributed by atoms with E-state index in [4.69, 9.17) is 23.6 Å². The van der Waals surface area contributed by atoms with E-state index in [0.717, 1.165) is 44.9 Å². The minimum Gasteiger partial charge on any atom is -0.457 e. The molecule has 0 bridgehead atoms. The second kappa shape index (κ2) is 36.7. The number of carbonyl (C=O) groups excluding carboxylic acids is 1. The van der Waals surface area contributed by atoms with Crippen LogP contribution in [-0.2, 0) is 27.9 Å². The maximum atomic E-state index is 12.6. The van der Waals surface area contributed by atoms with Gasteiger partial charge in [0.1, 0.15) is 12.2 Å². The Bertz CT molecular complexity index is 820. The van der Waals surface area contributed by atoms with Crippen molar-refractivity contribution in [1.29, 1.82) is 0 Å². The summed E-state index contributed by atoms with van der Waals surface area (Å²) in [4.78, 5) is 22.5. The van der Waals surface area contributed by atoms with Gasteiger partial charge in [0, 0.05) is 13.0 Å². The van der Waals surface area contributed by atoms with Gasteiger partial charge in [-0.3, -0.25) is 13.8 Å². The molecule has 9 nitrogen and oxygen atoms in total. The van der Waals surface area contributed by atoms with E-state index >= 15 is 0 Å². The molecule has 0 rings (SSSR count). The molecule has 3 unspecified atom stereocenters. The number of esters is 1. The van der Waals surface area contributed by atoms with Crippen LogP contribution >= 0.6 is 7.82 Å². The molecule has 49 heavy (non-hydrogen) atoms.